The number of nitrogens with zero attached hydrogens (tertiary/aromatic N) is 3. The summed E-state index contributed by atoms with van der Waals surface area (Å²) >= 11 is 0. The second kappa shape index (κ2) is 7.94. The molecule has 10 heteroatoms. The third-order valence-corrected chi connectivity index (χ3v) is 5.12. The van der Waals surface area contributed by atoms with Gasteiger partial charge in [0.15, 0.2) is 0 Å². The first kappa shape index (κ1) is 20.1. The molecule has 0 bridgehead atoms. The van der Waals surface area contributed by atoms with E-state index in [1.165, 1.54) is 11.1 Å². The molecule has 2 aromatic rings. The van der Waals surface area contributed by atoms with Crippen LogP contribution in [0, 0.1) is 0 Å². The monoisotopic (exact) mass is 418 g/mol. The molecular weight excluding hydrogens is 397 g/mol. The van der Waals surface area contributed by atoms with Crippen LogP contribution in [0.4, 0.5) is 19.1 Å². The average molecular weight is 418 g/mol. The van der Waals surface area contributed by atoms with Crippen LogP contribution >= 0.6 is 0 Å². The molecule has 1 amide bonds. The smallest absolute Gasteiger partial charge is 0.356 e. The Bertz CT molecular complexity index is 1000. The number of aromatic nitrogens is 3. The number of carbonyl (C=O) groups excluding carboxylic acids is 1. The minimum absolute atomic E-state index is 0.0375. The third-order valence-electron chi connectivity index (χ3n) is 5.12. The van der Waals surface area contributed by atoms with Crippen molar-refractivity contribution in [3.8, 4) is 11.3 Å². The molecule has 1 saturated heterocycles. The Hall–Kier alpha value is -3.14. The lowest BCUT2D eigenvalue weighted by Crippen LogP contribution is -2.38. The van der Waals surface area contributed by atoms with Gasteiger partial charge in [0, 0.05) is 49.4 Å². The van der Waals surface area contributed by atoms with E-state index in [2.05, 4.69) is 25.6 Å². The number of hydrogen-bond acceptors (Lipinski definition) is 5. The van der Waals surface area contributed by atoms with Crippen molar-refractivity contribution in [1.29, 1.82) is 0 Å². The van der Waals surface area contributed by atoms with Crippen molar-refractivity contribution >= 4 is 17.9 Å². The zero-order chi connectivity index (χ0) is 21.3. The molecule has 0 unspecified atom stereocenters. The van der Waals surface area contributed by atoms with Gasteiger partial charge in [-0.3, -0.25) is 4.79 Å². The number of rotatable bonds is 3. The maximum Gasteiger partial charge on any atom is 0.419 e. The first-order chi connectivity index (χ1) is 14.3. The molecule has 2 aliphatic heterocycles. The first-order valence-corrected chi connectivity index (χ1v) is 9.60. The van der Waals surface area contributed by atoms with E-state index in [9.17, 15) is 18.0 Å². The van der Waals surface area contributed by atoms with Crippen LogP contribution in [0.15, 0.2) is 30.7 Å². The Morgan fingerprint density at radius 1 is 1.30 bits per heavy atom. The summed E-state index contributed by atoms with van der Waals surface area (Å²) in [4.78, 5) is 24.9. The van der Waals surface area contributed by atoms with Crippen LogP contribution in [-0.2, 0) is 6.18 Å². The van der Waals surface area contributed by atoms with Crippen molar-refractivity contribution in [1.82, 2.24) is 25.2 Å². The predicted octanol–water partition coefficient (Wildman–Crippen LogP) is 3.27. The SMILES string of the molecule is CN1/C=C\C=C/c2c(-c3nc(N[C@H]4CCCNC4)ncc3C(F)(F)F)c[nH]c2C1=O. The van der Waals surface area contributed by atoms with Gasteiger partial charge in [-0.15, -0.1) is 0 Å². The van der Waals surface area contributed by atoms with Crippen LogP contribution in [0.1, 0.15) is 34.5 Å². The average Bonchev–Trinajstić information content (AvgIpc) is 3.12. The summed E-state index contributed by atoms with van der Waals surface area (Å²) in [7, 11) is 1.58. The van der Waals surface area contributed by atoms with Gasteiger partial charge in [-0.25, -0.2) is 9.97 Å². The molecule has 2 aromatic heterocycles. The van der Waals surface area contributed by atoms with E-state index in [4.69, 9.17) is 0 Å². The van der Waals surface area contributed by atoms with Gasteiger partial charge in [0.1, 0.15) is 11.3 Å². The van der Waals surface area contributed by atoms with E-state index < -0.39 is 11.7 Å². The van der Waals surface area contributed by atoms with Gasteiger partial charge in [-0.2, -0.15) is 13.2 Å². The number of aromatic amines is 1. The number of carbonyl (C=O) groups is 1. The number of allylic oxidation sites excluding steroid dienone is 2. The van der Waals surface area contributed by atoms with E-state index in [1.54, 1.807) is 31.5 Å². The molecule has 0 aliphatic carbocycles. The molecule has 30 heavy (non-hydrogen) atoms. The Labute approximate surface area is 171 Å². The maximum absolute atomic E-state index is 13.7. The summed E-state index contributed by atoms with van der Waals surface area (Å²) in [5.41, 5.74) is -0.483. The highest BCUT2D eigenvalue weighted by atomic mass is 19.4. The lowest BCUT2D eigenvalue weighted by Gasteiger charge is -2.24. The van der Waals surface area contributed by atoms with Crippen molar-refractivity contribution in [2.24, 2.45) is 0 Å². The minimum Gasteiger partial charge on any atom is -0.356 e. The van der Waals surface area contributed by atoms with Crippen molar-refractivity contribution in [3.63, 3.8) is 0 Å². The Kier molecular flexibility index (Phi) is 5.33. The van der Waals surface area contributed by atoms with E-state index in [1.807, 2.05) is 0 Å². The molecule has 1 atom stereocenters. The molecule has 158 valence electrons. The maximum atomic E-state index is 13.7. The first-order valence-electron chi connectivity index (χ1n) is 9.60. The van der Waals surface area contributed by atoms with E-state index in [0.717, 1.165) is 25.6 Å². The number of anilines is 1. The quantitative estimate of drug-likeness (QED) is 0.713. The number of H-pyrrole nitrogens is 1. The lowest BCUT2D eigenvalue weighted by atomic mass is 10.0. The number of piperidine rings is 1. The molecule has 3 N–H and O–H groups in total. The van der Waals surface area contributed by atoms with E-state index in [0.29, 0.717) is 12.1 Å². The van der Waals surface area contributed by atoms with Crippen molar-refractivity contribution in [2.75, 3.05) is 25.5 Å². The minimum atomic E-state index is -4.64. The van der Waals surface area contributed by atoms with Gasteiger partial charge in [0.2, 0.25) is 5.95 Å². The molecule has 7 nitrogen and oxygen atoms in total. The van der Waals surface area contributed by atoms with Gasteiger partial charge in [0.25, 0.3) is 5.91 Å². The summed E-state index contributed by atoms with van der Waals surface area (Å²) < 4.78 is 41.2. The van der Waals surface area contributed by atoms with Gasteiger partial charge in [-0.1, -0.05) is 12.2 Å². The van der Waals surface area contributed by atoms with Gasteiger partial charge < -0.3 is 20.5 Å². The van der Waals surface area contributed by atoms with Crippen molar-refractivity contribution < 1.29 is 18.0 Å². The molecule has 1 fully saturated rings. The Balaban J connectivity index is 1.80. The molecule has 4 heterocycles. The van der Waals surface area contributed by atoms with Gasteiger partial charge >= 0.3 is 6.18 Å². The van der Waals surface area contributed by atoms with E-state index >= 15 is 0 Å². The van der Waals surface area contributed by atoms with Gasteiger partial charge in [-0.05, 0) is 25.5 Å². The standard InChI is InChI=1S/C20H21F3N6O/c1-29-8-3-2-6-13-14(10-25-17(13)18(29)30)16-15(20(21,22)23)11-26-19(28-16)27-12-5-4-7-24-9-12/h2-3,6,8,10-12,24-25H,4-5,7,9H2,1H3,(H,26,27,28)/b6-2-,8-3-/t12-/m0/s1. The van der Waals surface area contributed by atoms with Crippen molar-refractivity contribution in [3.05, 3.63) is 47.6 Å². The summed E-state index contributed by atoms with van der Waals surface area (Å²) in [5, 5.41) is 6.35. The summed E-state index contributed by atoms with van der Waals surface area (Å²) in [6.45, 7) is 1.60. The summed E-state index contributed by atoms with van der Waals surface area (Å²) in [5.74, 6) is -0.231. The number of halogens is 3. The second-order valence-corrected chi connectivity index (χ2v) is 7.25. The zero-order valence-electron chi connectivity index (χ0n) is 16.3. The number of nitrogens with one attached hydrogen (secondary N) is 3. The highest BCUT2D eigenvalue weighted by molar-refractivity contribution is 6.00. The Morgan fingerprint density at radius 2 is 2.13 bits per heavy atom. The number of amides is 1. The topological polar surface area (TPSA) is 85.9 Å². The normalized spacial score (nSPS) is 21.5. The van der Waals surface area contributed by atoms with E-state index in [-0.39, 0.29) is 34.8 Å². The van der Waals surface area contributed by atoms with Crippen LogP contribution < -0.4 is 10.6 Å². The fourth-order valence-electron chi connectivity index (χ4n) is 3.58. The number of fused-ring (bicyclic) bond motifs is 1. The molecule has 0 spiro atoms. The van der Waals surface area contributed by atoms with Crippen molar-refractivity contribution in [2.45, 2.75) is 25.1 Å². The fraction of sp³-hybridized carbons (Fsp3) is 0.350. The van der Waals surface area contributed by atoms with Crippen LogP contribution in [0.25, 0.3) is 17.3 Å². The summed E-state index contributed by atoms with van der Waals surface area (Å²) in [6.07, 6.45) is 5.86. The second-order valence-electron chi connectivity index (χ2n) is 7.25. The van der Waals surface area contributed by atoms with Crippen LogP contribution in [0.5, 0.6) is 0 Å². The lowest BCUT2D eigenvalue weighted by molar-refractivity contribution is -0.137. The summed E-state index contributed by atoms with van der Waals surface area (Å²) in [6, 6.07) is 0.0375. The highest BCUT2D eigenvalue weighted by Gasteiger charge is 2.37. The largest absolute Gasteiger partial charge is 0.419 e. The van der Waals surface area contributed by atoms with Gasteiger partial charge in [0.05, 0.1) is 5.69 Å². The fourth-order valence-corrected chi connectivity index (χ4v) is 3.58. The Morgan fingerprint density at radius 3 is 2.87 bits per heavy atom. The molecule has 2 aliphatic rings. The number of hydrogen-bond donors (Lipinski definition) is 3. The molecule has 4 rings (SSSR count). The molecule has 0 aromatic carbocycles. The molecule has 0 radical (unpaired) electrons. The zero-order valence-corrected chi connectivity index (χ0v) is 16.3. The predicted molar refractivity (Wildman–Crippen MR) is 107 cm³/mol. The molecular formula is C20H21F3N6O. The number of alkyl halides is 3. The highest BCUT2D eigenvalue weighted by Crippen LogP contribution is 2.38. The van der Waals surface area contributed by atoms with Crippen LogP contribution in [-0.4, -0.2) is 51.9 Å². The van der Waals surface area contributed by atoms with Crippen LogP contribution in [0.3, 0.4) is 0 Å². The molecule has 0 saturated carbocycles. The van der Waals surface area contributed by atoms with Crippen LogP contribution in [0.2, 0.25) is 0 Å². The third kappa shape index (κ3) is 3.95.